The third-order valence-electron chi connectivity index (χ3n) is 4.51. The molecule has 2 unspecified atom stereocenters. The summed E-state index contributed by atoms with van der Waals surface area (Å²) in [5, 5.41) is 0. The maximum Gasteiger partial charge on any atom is 0.248 e. The Labute approximate surface area is 118 Å². The SMILES string of the molecule is Nc1cccc(F)c1S(=O)(=O)N1CCCC2CCCC21. The van der Waals surface area contributed by atoms with E-state index in [2.05, 4.69) is 0 Å². The Morgan fingerprint density at radius 3 is 2.70 bits per heavy atom. The lowest BCUT2D eigenvalue weighted by molar-refractivity contribution is 0.201. The number of piperidine rings is 1. The summed E-state index contributed by atoms with van der Waals surface area (Å²) in [6.07, 6.45) is 4.91. The van der Waals surface area contributed by atoms with E-state index in [0.29, 0.717) is 12.5 Å². The molecule has 4 nitrogen and oxygen atoms in total. The Morgan fingerprint density at radius 2 is 1.95 bits per heavy atom. The van der Waals surface area contributed by atoms with Crippen LogP contribution >= 0.6 is 0 Å². The van der Waals surface area contributed by atoms with E-state index in [1.165, 1.54) is 16.4 Å². The van der Waals surface area contributed by atoms with E-state index in [0.717, 1.165) is 38.2 Å². The number of nitrogens with zero attached hydrogens (tertiary/aromatic N) is 1. The van der Waals surface area contributed by atoms with Gasteiger partial charge < -0.3 is 5.73 Å². The van der Waals surface area contributed by atoms with Crippen molar-refractivity contribution in [1.29, 1.82) is 0 Å². The van der Waals surface area contributed by atoms with E-state index in [4.69, 9.17) is 5.73 Å². The first-order valence-electron chi connectivity index (χ1n) is 7.07. The second-order valence-electron chi connectivity index (χ2n) is 5.67. The van der Waals surface area contributed by atoms with Gasteiger partial charge in [-0.3, -0.25) is 0 Å². The van der Waals surface area contributed by atoms with Crippen LogP contribution in [0.15, 0.2) is 23.1 Å². The van der Waals surface area contributed by atoms with Crippen molar-refractivity contribution in [3.63, 3.8) is 0 Å². The minimum Gasteiger partial charge on any atom is -0.398 e. The van der Waals surface area contributed by atoms with Crippen LogP contribution in [0.4, 0.5) is 10.1 Å². The summed E-state index contributed by atoms with van der Waals surface area (Å²) in [5.41, 5.74) is 5.70. The van der Waals surface area contributed by atoms with Crippen molar-refractivity contribution in [3.05, 3.63) is 24.0 Å². The van der Waals surface area contributed by atoms with E-state index >= 15 is 0 Å². The monoisotopic (exact) mass is 298 g/mol. The smallest absolute Gasteiger partial charge is 0.248 e. The largest absolute Gasteiger partial charge is 0.398 e. The third-order valence-corrected chi connectivity index (χ3v) is 6.52. The highest BCUT2D eigenvalue weighted by Crippen LogP contribution is 2.40. The molecule has 0 bridgehead atoms. The molecular weight excluding hydrogens is 279 g/mol. The van der Waals surface area contributed by atoms with Crippen molar-refractivity contribution in [2.45, 2.75) is 43.0 Å². The average Bonchev–Trinajstić information content (AvgIpc) is 2.85. The van der Waals surface area contributed by atoms with Gasteiger partial charge in [0.05, 0.1) is 5.69 Å². The zero-order chi connectivity index (χ0) is 14.3. The fraction of sp³-hybridized carbons (Fsp3) is 0.571. The number of nitrogens with two attached hydrogens (primary N) is 1. The van der Waals surface area contributed by atoms with Gasteiger partial charge in [0.2, 0.25) is 10.0 Å². The summed E-state index contributed by atoms with van der Waals surface area (Å²) < 4.78 is 41.0. The highest BCUT2D eigenvalue weighted by molar-refractivity contribution is 7.89. The van der Waals surface area contributed by atoms with Gasteiger partial charge in [0.25, 0.3) is 0 Å². The Morgan fingerprint density at radius 1 is 1.20 bits per heavy atom. The number of benzene rings is 1. The lowest BCUT2D eigenvalue weighted by atomic mass is 9.94. The predicted molar refractivity (Wildman–Crippen MR) is 75.1 cm³/mol. The summed E-state index contributed by atoms with van der Waals surface area (Å²) in [6.45, 7) is 0.470. The van der Waals surface area contributed by atoms with E-state index in [1.54, 1.807) is 0 Å². The lowest BCUT2D eigenvalue weighted by Crippen LogP contribution is -2.46. The fourth-order valence-corrected chi connectivity index (χ4v) is 5.54. The van der Waals surface area contributed by atoms with Gasteiger partial charge in [0.1, 0.15) is 10.7 Å². The van der Waals surface area contributed by atoms with Crippen LogP contribution in [0.1, 0.15) is 32.1 Å². The molecule has 110 valence electrons. The summed E-state index contributed by atoms with van der Waals surface area (Å²) in [4.78, 5) is -0.354. The average molecular weight is 298 g/mol. The number of sulfonamides is 1. The van der Waals surface area contributed by atoms with Gasteiger partial charge in [-0.1, -0.05) is 12.5 Å². The van der Waals surface area contributed by atoms with Crippen molar-refractivity contribution in [2.75, 3.05) is 12.3 Å². The zero-order valence-corrected chi connectivity index (χ0v) is 12.1. The molecule has 1 heterocycles. The second-order valence-corrected chi connectivity index (χ2v) is 7.50. The van der Waals surface area contributed by atoms with E-state index < -0.39 is 15.8 Å². The molecule has 1 aromatic rings. The van der Waals surface area contributed by atoms with E-state index in [9.17, 15) is 12.8 Å². The fourth-order valence-electron chi connectivity index (χ4n) is 3.62. The highest BCUT2D eigenvalue weighted by Gasteiger charge is 2.42. The quantitative estimate of drug-likeness (QED) is 0.853. The minimum atomic E-state index is -3.84. The summed E-state index contributed by atoms with van der Waals surface area (Å²) in [6, 6.07) is 4.04. The van der Waals surface area contributed by atoms with Crippen LogP contribution < -0.4 is 5.73 Å². The molecule has 3 rings (SSSR count). The van der Waals surface area contributed by atoms with Crippen LogP contribution in [0.3, 0.4) is 0 Å². The predicted octanol–water partition coefficient (Wildman–Crippen LogP) is 2.36. The molecule has 0 aromatic heterocycles. The van der Waals surface area contributed by atoms with Crippen molar-refractivity contribution in [3.8, 4) is 0 Å². The molecule has 1 aromatic carbocycles. The molecule has 6 heteroatoms. The first kappa shape index (κ1) is 13.8. The van der Waals surface area contributed by atoms with Gasteiger partial charge in [-0.15, -0.1) is 0 Å². The first-order chi connectivity index (χ1) is 9.51. The molecule has 1 saturated heterocycles. The maximum atomic E-state index is 14.0. The van der Waals surface area contributed by atoms with Crippen molar-refractivity contribution < 1.29 is 12.8 Å². The van der Waals surface area contributed by atoms with Gasteiger partial charge in [-0.2, -0.15) is 4.31 Å². The van der Waals surface area contributed by atoms with E-state index in [1.807, 2.05) is 0 Å². The summed E-state index contributed by atoms with van der Waals surface area (Å²) >= 11 is 0. The molecule has 2 fully saturated rings. The molecule has 1 aliphatic heterocycles. The Kier molecular flexibility index (Phi) is 3.46. The highest BCUT2D eigenvalue weighted by atomic mass is 32.2. The van der Waals surface area contributed by atoms with Crippen LogP contribution in [-0.4, -0.2) is 25.3 Å². The summed E-state index contributed by atoms with van der Waals surface area (Å²) in [7, 11) is -3.84. The number of anilines is 1. The number of nitrogen functional groups attached to an aromatic ring is 1. The van der Waals surface area contributed by atoms with Gasteiger partial charge in [-0.05, 0) is 43.7 Å². The van der Waals surface area contributed by atoms with Gasteiger partial charge in [0, 0.05) is 12.6 Å². The molecule has 2 N–H and O–H groups in total. The number of hydrogen-bond donors (Lipinski definition) is 1. The summed E-state index contributed by atoms with van der Waals surface area (Å²) in [5.74, 6) is -0.336. The third kappa shape index (κ3) is 2.11. The normalized spacial score (nSPS) is 27.4. The van der Waals surface area contributed by atoms with Crippen LogP contribution in [-0.2, 0) is 10.0 Å². The number of hydrogen-bond acceptors (Lipinski definition) is 3. The maximum absolute atomic E-state index is 14.0. The number of halogens is 1. The van der Waals surface area contributed by atoms with E-state index in [-0.39, 0.29) is 16.6 Å². The van der Waals surface area contributed by atoms with Crippen LogP contribution in [0, 0.1) is 11.7 Å². The Bertz CT molecular complexity index is 597. The van der Waals surface area contributed by atoms with Crippen molar-refractivity contribution in [1.82, 2.24) is 4.31 Å². The van der Waals surface area contributed by atoms with Gasteiger partial charge >= 0.3 is 0 Å². The molecule has 1 saturated carbocycles. The zero-order valence-electron chi connectivity index (χ0n) is 11.3. The van der Waals surface area contributed by atoms with Gasteiger partial charge in [-0.25, -0.2) is 12.8 Å². The Hall–Kier alpha value is -1.14. The minimum absolute atomic E-state index is 0.00915. The molecule has 2 atom stereocenters. The van der Waals surface area contributed by atoms with Crippen molar-refractivity contribution >= 4 is 15.7 Å². The van der Waals surface area contributed by atoms with Gasteiger partial charge in [0.15, 0.2) is 0 Å². The topological polar surface area (TPSA) is 63.4 Å². The lowest BCUT2D eigenvalue weighted by Gasteiger charge is -2.36. The Balaban J connectivity index is 2.03. The standard InChI is InChI=1S/C14H19FN2O2S/c15-11-6-2-7-12(16)14(11)20(18,19)17-9-3-5-10-4-1-8-13(10)17/h2,6-7,10,13H,1,3-5,8-9,16H2. The molecule has 0 amide bonds. The molecule has 1 aliphatic carbocycles. The van der Waals surface area contributed by atoms with Crippen molar-refractivity contribution in [2.24, 2.45) is 5.92 Å². The number of fused-ring (bicyclic) bond motifs is 1. The molecule has 2 aliphatic rings. The number of rotatable bonds is 2. The van der Waals surface area contributed by atoms with Crippen LogP contribution in [0.25, 0.3) is 0 Å². The molecule has 0 radical (unpaired) electrons. The van der Waals surface area contributed by atoms with Crippen LogP contribution in [0.5, 0.6) is 0 Å². The molecular formula is C14H19FN2O2S. The molecule has 20 heavy (non-hydrogen) atoms. The molecule has 0 spiro atoms. The first-order valence-corrected chi connectivity index (χ1v) is 8.51. The second kappa shape index (κ2) is 5.00. The van der Waals surface area contributed by atoms with Crippen LogP contribution in [0.2, 0.25) is 0 Å².